The molecule has 3 saturated heterocycles. The minimum Gasteiger partial charge on any atom is -0.507 e. The first-order valence-electron chi connectivity index (χ1n) is 12.7. The van der Waals surface area contributed by atoms with E-state index in [0.717, 1.165) is 13.1 Å². The molecule has 3 aliphatic heterocycles. The van der Waals surface area contributed by atoms with Crippen molar-refractivity contribution in [1.29, 1.82) is 0 Å². The van der Waals surface area contributed by atoms with Gasteiger partial charge < -0.3 is 19.5 Å². The molecule has 0 aliphatic carbocycles. The molecule has 1 N–H and O–H groups in total. The van der Waals surface area contributed by atoms with E-state index in [0.29, 0.717) is 45.1 Å². The van der Waals surface area contributed by atoms with Crippen molar-refractivity contribution in [3.05, 3.63) is 71.3 Å². The van der Waals surface area contributed by atoms with Crippen LogP contribution in [0.1, 0.15) is 17.2 Å². The third-order valence-corrected chi connectivity index (χ3v) is 9.06. The van der Waals surface area contributed by atoms with E-state index < -0.39 is 27.8 Å². The fourth-order valence-corrected chi connectivity index (χ4v) is 6.45. The van der Waals surface area contributed by atoms with Gasteiger partial charge in [0.2, 0.25) is 10.0 Å². The van der Waals surface area contributed by atoms with Gasteiger partial charge in [0.25, 0.3) is 11.7 Å². The summed E-state index contributed by atoms with van der Waals surface area (Å²) in [5, 5.41) is 11.3. The van der Waals surface area contributed by atoms with E-state index in [1.807, 2.05) is 30.3 Å². The molecule has 3 fully saturated rings. The summed E-state index contributed by atoms with van der Waals surface area (Å²) in [5.41, 5.74) is 0.965. The van der Waals surface area contributed by atoms with Crippen LogP contribution < -0.4 is 0 Å². The Balaban J connectivity index is 1.46. The number of amides is 1. The topological polar surface area (TPSA) is 117 Å². The summed E-state index contributed by atoms with van der Waals surface area (Å²) in [4.78, 5) is 30.2. The molecule has 2 aromatic rings. The van der Waals surface area contributed by atoms with Crippen LogP contribution in [0, 0.1) is 0 Å². The van der Waals surface area contributed by atoms with Crippen molar-refractivity contribution in [2.75, 3.05) is 65.7 Å². The van der Waals surface area contributed by atoms with Gasteiger partial charge in [-0.2, -0.15) is 4.31 Å². The number of ether oxygens (including phenoxy) is 2. The predicted molar refractivity (Wildman–Crippen MR) is 139 cm³/mol. The smallest absolute Gasteiger partial charge is 0.295 e. The van der Waals surface area contributed by atoms with Gasteiger partial charge in [-0.05, 0) is 29.8 Å². The molecule has 11 heteroatoms. The van der Waals surface area contributed by atoms with Crippen LogP contribution in [0.15, 0.2) is 65.1 Å². The van der Waals surface area contributed by atoms with Crippen LogP contribution in [-0.2, 0) is 29.1 Å². The van der Waals surface area contributed by atoms with E-state index in [1.165, 1.54) is 33.5 Å². The van der Waals surface area contributed by atoms with Crippen molar-refractivity contribution in [2.24, 2.45) is 0 Å². The third-order valence-electron chi connectivity index (χ3n) is 7.15. The molecule has 3 heterocycles. The Labute approximate surface area is 222 Å². The molecule has 10 nitrogen and oxygen atoms in total. The van der Waals surface area contributed by atoms with E-state index in [-0.39, 0.29) is 34.9 Å². The summed E-state index contributed by atoms with van der Waals surface area (Å²) < 4.78 is 38.0. The maximum absolute atomic E-state index is 13.2. The largest absolute Gasteiger partial charge is 0.507 e. The quantitative estimate of drug-likeness (QED) is 0.318. The van der Waals surface area contributed by atoms with Crippen molar-refractivity contribution in [3.8, 4) is 0 Å². The number of aliphatic hydroxyl groups is 1. The molecule has 202 valence electrons. The predicted octanol–water partition coefficient (Wildman–Crippen LogP) is 1.46. The number of Topliss-reactive ketones (excluding diaryl/α,β-unsaturated/α-hetero) is 1. The average molecular weight is 542 g/mol. The number of morpholine rings is 2. The zero-order valence-corrected chi connectivity index (χ0v) is 21.8. The molecule has 2 aromatic carbocycles. The molecule has 0 bridgehead atoms. The second-order valence-electron chi connectivity index (χ2n) is 9.40. The molecule has 0 saturated carbocycles. The van der Waals surface area contributed by atoms with E-state index in [9.17, 15) is 23.1 Å². The summed E-state index contributed by atoms with van der Waals surface area (Å²) >= 11 is 0. The Bertz CT molecular complexity index is 1300. The van der Waals surface area contributed by atoms with Gasteiger partial charge in [0, 0.05) is 44.8 Å². The lowest BCUT2D eigenvalue weighted by Gasteiger charge is -2.31. The van der Waals surface area contributed by atoms with Crippen LogP contribution in [0.4, 0.5) is 0 Å². The van der Waals surface area contributed by atoms with Gasteiger partial charge in [0.05, 0.1) is 42.9 Å². The number of rotatable bonds is 7. The first kappa shape index (κ1) is 26.5. The zero-order valence-electron chi connectivity index (χ0n) is 21.0. The minimum absolute atomic E-state index is 0.00744. The molecule has 38 heavy (non-hydrogen) atoms. The molecular weight excluding hydrogens is 510 g/mol. The first-order valence-corrected chi connectivity index (χ1v) is 14.1. The number of benzene rings is 2. The van der Waals surface area contributed by atoms with Gasteiger partial charge in [0.1, 0.15) is 5.76 Å². The van der Waals surface area contributed by atoms with Gasteiger partial charge in [-0.15, -0.1) is 0 Å². The van der Waals surface area contributed by atoms with E-state index in [4.69, 9.17) is 9.47 Å². The highest BCUT2D eigenvalue weighted by atomic mass is 32.2. The highest BCUT2D eigenvalue weighted by Gasteiger charge is 2.46. The maximum atomic E-state index is 13.2. The monoisotopic (exact) mass is 541 g/mol. The molecular formula is C27H31N3O7S. The minimum atomic E-state index is -3.71. The van der Waals surface area contributed by atoms with E-state index in [1.54, 1.807) is 0 Å². The third kappa shape index (κ3) is 5.25. The van der Waals surface area contributed by atoms with Crippen LogP contribution in [0.5, 0.6) is 0 Å². The highest BCUT2D eigenvalue weighted by Crippen LogP contribution is 2.39. The number of carbonyl (C=O) groups is 2. The van der Waals surface area contributed by atoms with Crippen molar-refractivity contribution >= 4 is 27.5 Å². The van der Waals surface area contributed by atoms with Gasteiger partial charge in [-0.3, -0.25) is 14.5 Å². The SMILES string of the molecule is O=C1C(=O)N(CCN2CCOCC2)C(c2ccccc2)/C1=C(\O)c1ccc(S(=O)(=O)N2CCOCC2)cc1. The Morgan fingerprint density at radius 3 is 2.08 bits per heavy atom. The lowest BCUT2D eigenvalue weighted by molar-refractivity contribution is -0.140. The van der Waals surface area contributed by atoms with Crippen molar-refractivity contribution in [1.82, 2.24) is 14.1 Å². The Morgan fingerprint density at radius 2 is 1.45 bits per heavy atom. The maximum Gasteiger partial charge on any atom is 0.295 e. The molecule has 1 amide bonds. The van der Waals surface area contributed by atoms with E-state index >= 15 is 0 Å². The molecule has 0 aromatic heterocycles. The van der Waals surface area contributed by atoms with Crippen molar-refractivity contribution < 1.29 is 32.6 Å². The zero-order chi connectivity index (χ0) is 26.7. The van der Waals surface area contributed by atoms with Crippen LogP contribution in [0.3, 0.4) is 0 Å². The van der Waals surface area contributed by atoms with Crippen molar-refractivity contribution in [2.45, 2.75) is 10.9 Å². The van der Waals surface area contributed by atoms with Crippen LogP contribution in [-0.4, -0.2) is 105 Å². The molecule has 5 rings (SSSR count). The lowest BCUT2D eigenvalue weighted by atomic mass is 9.95. The number of hydrogen-bond donors (Lipinski definition) is 1. The second kappa shape index (κ2) is 11.3. The normalized spacial score (nSPS) is 23.2. The summed E-state index contributed by atoms with van der Waals surface area (Å²) in [6.45, 7) is 4.86. The fraction of sp³-hybridized carbons (Fsp3) is 0.407. The Morgan fingerprint density at radius 1 is 0.842 bits per heavy atom. The number of likely N-dealkylation sites (tertiary alicyclic amines) is 1. The van der Waals surface area contributed by atoms with Gasteiger partial charge in [0.15, 0.2) is 0 Å². The standard InChI is InChI=1S/C27H31N3O7S/c31-25(21-6-8-22(9-7-21)38(34,35)29-14-18-37-19-15-29)23-24(20-4-2-1-3-5-20)30(27(33)26(23)32)11-10-28-12-16-36-17-13-28/h1-9,24,31H,10-19H2/b25-23+. The van der Waals surface area contributed by atoms with Crippen LogP contribution >= 0.6 is 0 Å². The number of ketones is 1. The van der Waals surface area contributed by atoms with Crippen LogP contribution in [0.25, 0.3) is 5.76 Å². The summed E-state index contributed by atoms with van der Waals surface area (Å²) in [6, 6.07) is 14.1. The molecule has 0 spiro atoms. The van der Waals surface area contributed by atoms with Crippen molar-refractivity contribution in [3.63, 3.8) is 0 Å². The van der Waals surface area contributed by atoms with Gasteiger partial charge >= 0.3 is 0 Å². The average Bonchev–Trinajstić information content (AvgIpc) is 3.22. The molecule has 1 unspecified atom stereocenters. The van der Waals surface area contributed by atoms with Gasteiger partial charge in [-0.25, -0.2) is 8.42 Å². The second-order valence-corrected chi connectivity index (χ2v) is 11.3. The summed E-state index contributed by atoms with van der Waals surface area (Å²) in [5.74, 6) is -1.76. The highest BCUT2D eigenvalue weighted by molar-refractivity contribution is 7.89. The number of carbonyl (C=O) groups excluding carboxylic acids is 2. The summed E-state index contributed by atoms with van der Waals surface area (Å²) in [7, 11) is -3.71. The number of sulfonamides is 1. The number of hydrogen-bond acceptors (Lipinski definition) is 8. The summed E-state index contributed by atoms with van der Waals surface area (Å²) in [6.07, 6.45) is 0. The Hall–Kier alpha value is -3.09. The van der Waals surface area contributed by atoms with Crippen LogP contribution in [0.2, 0.25) is 0 Å². The van der Waals surface area contributed by atoms with E-state index in [2.05, 4.69) is 4.90 Å². The lowest BCUT2D eigenvalue weighted by Crippen LogP contribution is -2.42. The number of nitrogens with zero attached hydrogens (tertiary/aromatic N) is 3. The van der Waals surface area contributed by atoms with Gasteiger partial charge in [-0.1, -0.05) is 30.3 Å². The molecule has 3 aliphatic rings. The molecule has 1 atom stereocenters. The number of aliphatic hydroxyl groups excluding tert-OH is 1. The fourth-order valence-electron chi connectivity index (χ4n) is 5.04. The molecule has 0 radical (unpaired) electrons. The first-order chi connectivity index (χ1) is 18.4. The Kier molecular flexibility index (Phi) is 7.91.